The minimum atomic E-state index is -0.714. The number of carbonyl (C=O) groups is 1. The Hall–Kier alpha value is -2.70. The number of pyridine rings is 1. The van der Waals surface area contributed by atoms with Gasteiger partial charge in [-0.3, -0.25) is 19.6 Å². The van der Waals surface area contributed by atoms with Crippen molar-refractivity contribution in [1.82, 2.24) is 20.3 Å². The molecule has 1 atom stereocenters. The molecular formula is C14H16N4O3. The Bertz CT molecular complexity index is 735. The third-order valence-electron chi connectivity index (χ3n) is 2.99. The van der Waals surface area contributed by atoms with Crippen LogP contribution in [0.1, 0.15) is 41.3 Å². The van der Waals surface area contributed by atoms with Gasteiger partial charge in [0.25, 0.3) is 11.5 Å². The number of hydrogen-bond donors (Lipinski definition) is 3. The lowest BCUT2D eigenvalue weighted by Crippen LogP contribution is -2.33. The highest BCUT2D eigenvalue weighted by molar-refractivity contribution is 5.92. The van der Waals surface area contributed by atoms with Crippen LogP contribution in [0.25, 0.3) is 0 Å². The normalized spacial score (nSPS) is 11.9. The summed E-state index contributed by atoms with van der Waals surface area (Å²) in [6.07, 6.45) is 0.635. The summed E-state index contributed by atoms with van der Waals surface area (Å²) in [5, 5.41) is 2.76. The van der Waals surface area contributed by atoms with Gasteiger partial charge < -0.3 is 10.3 Å². The van der Waals surface area contributed by atoms with Crippen LogP contribution in [0.2, 0.25) is 0 Å². The molecule has 0 aliphatic carbocycles. The van der Waals surface area contributed by atoms with E-state index in [0.29, 0.717) is 6.42 Å². The van der Waals surface area contributed by atoms with E-state index in [9.17, 15) is 14.4 Å². The molecule has 7 nitrogen and oxygen atoms in total. The van der Waals surface area contributed by atoms with Gasteiger partial charge in [-0.1, -0.05) is 13.0 Å². The van der Waals surface area contributed by atoms with Crippen LogP contribution in [-0.4, -0.2) is 20.9 Å². The van der Waals surface area contributed by atoms with E-state index in [4.69, 9.17) is 0 Å². The van der Waals surface area contributed by atoms with E-state index in [1.807, 2.05) is 37.0 Å². The Morgan fingerprint density at radius 1 is 1.33 bits per heavy atom. The molecule has 2 aromatic heterocycles. The fraction of sp³-hybridized carbons (Fsp3) is 0.286. The molecule has 0 aliphatic rings. The number of aromatic nitrogens is 3. The molecule has 0 fully saturated rings. The fourth-order valence-corrected chi connectivity index (χ4v) is 1.97. The molecule has 7 heteroatoms. The summed E-state index contributed by atoms with van der Waals surface area (Å²) in [6.45, 7) is 3.78. The Morgan fingerprint density at radius 3 is 2.71 bits per heavy atom. The lowest BCUT2D eigenvalue weighted by Gasteiger charge is -2.16. The van der Waals surface area contributed by atoms with Crippen LogP contribution in [0.5, 0.6) is 0 Å². The number of aryl methyl sites for hydroxylation is 1. The minimum absolute atomic E-state index is 0.0742. The molecule has 0 saturated heterocycles. The van der Waals surface area contributed by atoms with Crippen LogP contribution in [0, 0.1) is 6.92 Å². The SMILES string of the molecule is CC[C@@H](NC(=O)c1cc(=O)[nH]c(=O)[nH]1)c1cccc(C)n1. The number of amides is 1. The molecular weight excluding hydrogens is 272 g/mol. The van der Waals surface area contributed by atoms with Crippen molar-refractivity contribution in [3.63, 3.8) is 0 Å². The first-order valence-corrected chi connectivity index (χ1v) is 6.57. The molecule has 21 heavy (non-hydrogen) atoms. The zero-order chi connectivity index (χ0) is 15.4. The predicted molar refractivity (Wildman–Crippen MR) is 77.2 cm³/mol. The third-order valence-corrected chi connectivity index (χ3v) is 2.99. The molecule has 110 valence electrons. The molecule has 0 aliphatic heterocycles. The highest BCUT2D eigenvalue weighted by atomic mass is 16.2. The summed E-state index contributed by atoms with van der Waals surface area (Å²) in [7, 11) is 0. The van der Waals surface area contributed by atoms with Gasteiger partial charge in [0.05, 0.1) is 11.7 Å². The molecule has 2 aromatic rings. The summed E-state index contributed by atoms with van der Waals surface area (Å²) in [4.78, 5) is 43.2. The van der Waals surface area contributed by atoms with E-state index < -0.39 is 17.2 Å². The van der Waals surface area contributed by atoms with Crippen molar-refractivity contribution in [3.8, 4) is 0 Å². The monoisotopic (exact) mass is 288 g/mol. The van der Waals surface area contributed by atoms with Gasteiger partial charge in [0.2, 0.25) is 0 Å². The average Bonchev–Trinajstić information content (AvgIpc) is 2.43. The molecule has 0 saturated carbocycles. The quantitative estimate of drug-likeness (QED) is 0.767. The summed E-state index contributed by atoms with van der Waals surface area (Å²) >= 11 is 0. The Labute approximate surface area is 120 Å². The lowest BCUT2D eigenvalue weighted by molar-refractivity contribution is 0.0929. The first-order chi connectivity index (χ1) is 9.99. The van der Waals surface area contributed by atoms with Crippen molar-refractivity contribution < 1.29 is 4.79 Å². The van der Waals surface area contributed by atoms with E-state index in [1.165, 1.54) is 0 Å². The topological polar surface area (TPSA) is 108 Å². The largest absolute Gasteiger partial charge is 0.342 e. The smallest absolute Gasteiger partial charge is 0.326 e. The second-order valence-electron chi connectivity index (χ2n) is 4.64. The van der Waals surface area contributed by atoms with Crippen LogP contribution in [0.3, 0.4) is 0 Å². The Balaban J connectivity index is 2.24. The molecule has 3 N–H and O–H groups in total. The van der Waals surface area contributed by atoms with Gasteiger partial charge in [0.1, 0.15) is 5.69 Å². The molecule has 0 aromatic carbocycles. The molecule has 2 heterocycles. The maximum absolute atomic E-state index is 12.1. The van der Waals surface area contributed by atoms with E-state index in [-0.39, 0.29) is 11.7 Å². The van der Waals surface area contributed by atoms with Crippen molar-refractivity contribution in [2.24, 2.45) is 0 Å². The van der Waals surface area contributed by atoms with Gasteiger partial charge in [-0.15, -0.1) is 0 Å². The van der Waals surface area contributed by atoms with Gasteiger partial charge in [-0.25, -0.2) is 4.79 Å². The number of nitrogens with one attached hydrogen (secondary N) is 3. The van der Waals surface area contributed by atoms with Crippen molar-refractivity contribution in [2.45, 2.75) is 26.3 Å². The van der Waals surface area contributed by atoms with Crippen molar-refractivity contribution >= 4 is 5.91 Å². The fourth-order valence-electron chi connectivity index (χ4n) is 1.97. The number of aromatic amines is 2. The summed E-state index contributed by atoms with van der Waals surface area (Å²) < 4.78 is 0. The molecule has 0 radical (unpaired) electrons. The van der Waals surface area contributed by atoms with Gasteiger partial charge in [-0.05, 0) is 25.5 Å². The van der Waals surface area contributed by atoms with Crippen LogP contribution >= 0.6 is 0 Å². The number of nitrogens with zero attached hydrogens (tertiary/aromatic N) is 1. The number of carbonyl (C=O) groups excluding carboxylic acids is 1. The maximum atomic E-state index is 12.1. The summed E-state index contributed by atoms with van der Waals surface area (Å²) in [5.41, 5.74) is 0.178. The van der Waals surface area contributed by atoms with Gasteiger partial charge in [0.15, 0.2) is 0 Å². The highest BCUT2D eigenvalue weighted by Gasteiger charge is 2.16. The average molecular weight is 288 g/mol. The van der Waals surface area contributed by atoms with E-state index in [0.717, 1.165) is 17.5 Å². The number of hydrogen-bond acceptors (Lipinski definition) is 4. The summed E-state index contributed by atoms with van der Waals surface area (Å²) in [5.74, 6) is -0.520. The van der Waals surface area contributed by atoms with Crippen LogP contribution in [-0.2, 0) is 0 Å². The standard InChI is InChI=1S/C14H16N4O3/c1-3-9(10-6-4-5-8(2)15-10)16-13(20)11-7-12(19)18-14(21)17-11/h4-7,9H,3H2,1-2H3,(H,16,20)(H2,17,18,19,21)/t9-/m1/s1. The van der Waals surface area contributed by atoms with Crippen molar-refractivity contribution in [2.75, 3.05) is 0 Å². The van der Waals surface area contributed by atoms with Crippen molar-refractivity contribution in [1.29, 1.82) is 0 Å². The Kier molecular flexibility index (Phi) is 4.32. The van der Waals surface area contributed by atoms with Crippen LogP contribution in [0.15, 0.2) is 33.9 Å². The summed E-state index contributed by atoms with van der Waals surface area (Å²) in [6, 6.07) is 6.31. The molecule has 0 spiro atoms. The molecule has 0 unspecified atom stereocenters. The van der Waals surface area contributed by atoms with Crippen molar-refractivity contribution in [3.05, 3.63) is 62.2 Å². The highest BCUT2D eigenvalue weighted by Crippen LogP contribution is 2.14. The third kappa shape index (κ3) is 3.65. The predicted octanol–water partition coefficient (Wildman–Crippen LogP) is 0.648. The number of H-pyrrole nitrogens is 2. The van der Waals surface area contributed by atoms with E-state index >= 15 is 0 Å². The zero-order valence-electron chi connectivity index (χ0n) is 11.8. The minimum Gasteiger partial charge on any atom is -0.342 e. The van der Waals surface area contributed by atoms with Gasteiger partial charge >= 0.3 is 5.69 Å². The number of rotatable bonds is 4. The molecule has 1 amide bonds. The van der Waals surface area contributed by atoms with Gasteiger partial charge in [0, 0.05) is 11.8 Å². The second-order valence-corrected chi connectivity index (χ2v) is 4.64. The molecule has 0 bridgehead atoms. The lowest BCUT2D eigenvalue weighted by atomic mass is 10.1. The first kappa shape index (κ1) is 14.7. The molecule has 2 rings (SSSR count). The Morgan fingerprint density at radius 2 is 2.10 bits per heavy atom. The zero-order valence-corrected chi connectivity index (χ0v) is 11.8. The van der Waals surface area contributed by atoms with E-state index in [2.05, 4.69) is 15.3 Å². The van der Waals surface area contributed by atoms with E-state index in [1.54, 1.807) is 0 Å². The van der Waals surface area contributed by atoms with Gasteiger partial charge in [-0.2, -0.15) is 0 Å². The maximum Gasteiger partial charge on any atom is 0.326 e. The van der Waals surface area contributed by atoms with Crippen LogP contribution < -0.4 is 16.6 Å². The second kappa shape index (κ2) is 6.17. The van der Waals surface area contributed by atoms with Crippen LogP contribution in [0.4, 0.5) is 0 Å². The first-order valence-electron chi connectivity index (χ1n) is 6.57.